The lowest BCUT2D eigenvalue weighted by Crippen LogP contribution is -2.33. The van der Waals surface area contributed by atoms with Crippen molar-refractivity contribution >= 4 is 11.0 Å². The van der Waals surface area contributed by atoms with E-state index in [0.717, 1.165) is 5.69 Å². The van der Waals surface area contributed by atoms with Crippen LogP contribution in [0.25, 0.3) is 0 Å². The Hall–Kier alpha value is -1.79. The fourth-order valence-corrected chi connectivity index (χ4v) is 2.88. The van der Waals surface area contributed by atoms with Crippen molar-refractivity contribution in [3.8, 4) is 5.75 Å². The van der Waals surface area contributed by atoms with Gasteiger partial charge in [-0.15, -0.1) is 0 Å². The Bertz CT molecular complexity index is 704. The van der Waals surface area contributed by atoms with Crippen LogP contribution in [-0.4, -0.2) is 13.9 Å². The van der Waals surface area contributed by atoms with Crippen LogP contribution < -0.4 is 9.88 Å². The Kier molecular flexibility index (Phi) is 6.07. The molecule has 24 heavy (non-hydrogen) atoms. The van der Waals surface area contributed by atoms with Crippen molar-refractivity contribution in [3.05, 3.63) is 59.7 Å². The summed E-state index contributed by atoms with van der Waals surface area (Å²) in [5.41, 5.74) is 1.38. The molecule has 2 aromatic rings. The number of hydrogen-bond acceptors (Lipinski definition) is 3. The number of ether oxygens (including phenoxy) is 1. The summed E-state index contributed by atoms with van der Waals surface area (Å²) >= 11 is 0. The highest BCUT2D eigenvalue weighted by Crippen LogP contribution is 2.28. The van der Waals surface area contributed by atoms with E-state index in [1.54, 1.807) is 24.4 Å². The molecule has 2 atom stereocenters. The van der Waals surface area contributed by atoms with Crippen molar-refractivity contribution in [3.63, 3.8) is 0 Å². The van der Waals surface area contributed by atoms with E-state index < -0.39 is 15.7 Å². The summed E-state index contributed by atoms with van der Waals surface area (Å²) < 4.78 is 30.2. The standard InChI is InChI=1S/C18H23FN2O2S/c1-13(10-18(2,3)24(20)22)17-9-8-15(11-21-17)23-12-14-6-4-5-7-16(14)19/h4-9,11,13H,10,12,20H2,1-3H3/t13?,24-/m1/s1. The van der Waals surface area contributed by atoms with Crippen LogP contribution in [0.15, 0.2) is 42.6 Å². The van der Waals surface area contributed by atoms with Crippen LogP contribution in [0.4, 0.5) is 4.39 Å². The summed E-state index contributed by atoms with van der Waals surface area (Å²) in [5.74, 6) is 0.414. The van der Waals surface area contributed by atoms with E-state index in [-0.39, 0.29) is 18.3 Å². The molecule has 0 saturated carbocycles. The van der Waals surface area contributed by atoms with E-state index in [2.05, 4.69) is 4.98 Å². The van der Waals surface area contributed by atoms with Gasteiger partial charge in [0.05, 0.1) is 21.9 Å². The van der Waals surface area contributed by atoms with E-state index in [4.69, 9.17) is 9.88 Å². The van der Waals surface area contributed by atoms with Gasteiger partial charge >= 0.3 is 0 Å². The molecule has 2 rings (SSSR count). The molecular formula is C18H23FN2O2S. The number of nitrogens with zero attached hydrogens (tertiary/aromatic N) is 1. The number of benzene rings is 1. The quantitative estimate of drug-likeness (QED) is 0.828. The third-order valence-corrected chi connectivity index (χ3v) is 5.21. The van der Waals surface area contributed by atoms with Gasteiger partial charge in [-0.05, 0) is 44.4 Å². The van der Waals surface area contributed by atoms with Crippen molar-refractivity contribution < 1.29 is 13.3 Å². The number of rotatable bonds is 7. The van der Waals surface area contributed by atoms with Crippen molar-refractivity contribution in [2.24, 2.45) is 5.14 Å². The van der Waals surface area contributed by atoms with E-state index in [1.807, 2.05) is 32.9 Å². The fourth-order valence-electron chi connectivity index (χ4n) is 2.47. The molecule has 1 aromatic heterocycles. The Morgan fingerprint density at radius 1 is 1.29 bits per heavy atom. The summed E-state index contributed by atoms with van der Waals surface area (Å²) in [6.07, 6.45) is 2.29. The fraction of sp³-hybridized carbons (Fsp3) is 0.389. The summed E-state index contributed by atoms with van der Waals surface area (Å²) in [6.45, 7) is 5.94. The molecule has 0 aliphatic carbocycles. The molecule has 4 nitrogen and oxygen atoms in total. The molecule has 0 bridgehead atoms. The summed E-state index contributed by atoms with van der Waals surface area (Å²) in [6, 6.07) is 10.2. The first-order valence-electron chi connectivity index (χ1n) is 7.78. The number of nitrogens with two attached hydrogens (primary N) is 1. The molecule has 0 saturated heterocycles. The first kappa shape index (κ1) is 18.5. The maximum Gasteiger partial charge on any atom is 0.138 e. The van der Waals surface area contributed by atoms with Gasteiger partial charge in [-0.1, -0.05) is 25.1 Å². The zero-order chi connectivity index (χ0) is 17.7. The summed E-state index contributed by atoms with van der Waals surface area (Å²) in [5, 5.41) is 5.53. The lowest BCUT2D eigenvalue weighted by Gasteiger charge is -2.24. The zero-order valence-electron chi connectivity index (χ0n) is 14.2. The maximum absolute atomic E-state index is 13.6. The number of halogens is 1. The highest BCUT2D eigenvalue weighted by atomic mass is 32.2. The lowest BCUT2D eigenvalue weighted by atomic mass is 9.95. The minimum absolute atomic E-state index is 0.119. The van der Waals surface area contributed by atoms with Crippen molar-refractivity contribution in [1.82, 2.24) is 4.98 Å². The monoisotopic (exact) mass is 350 g/mol. The van der Waals surface area contributed by atoms with E-state index in [9.17, 15) is 8.60 Å². The van der Waals surface area contributed by atoms with Gasteiger partial charge < -0.3 is 4.74 Å². The van der Waals surface area contributed by atoms with Gasteiger partial charge in [0.25, 0.3) is 0 Å². The highest BCUT2D eigenvalue weighted by molar-refractivity contribution is 7.84. The van der Waals surface area contributed by atoms with Gasteiger partial charge in [0.15, 0.2) is 0 Å². The van der Waals surface area contributed by atoms with Crippen LogP contribution in [0.2, 0.25) is 0 Å². The van der Waals surface area contributed by atoms with Crippen LogP contribution >= 0.6 is 0 Å². The second-order valence-corrected chi connectivity index (χ2v) is 8.16. The summed E-state index contributed by atoms with van der Waals surface area (Å²) in [4.78, 5) is 4.40. The van der Waals surface area contributed by atoms with Crippen LogP contribution in [0.5, 0.6) is 5.75 Å². The largest absolute Gasteiger partial charge is 0.487 e. The SMILES string of the molecule is CC(CC(C)(C)[S@](N)=O)c1ccc(OCc2ccccc2F)cn1. The Labute approximate surface area is 144 Å². The van der Waals surface area contributed by atoms with E-state index in [1.165, 1.54) is 6.07 Å². The van der Waals surface area contributed by atoms with Crippen molar-refractivity contribution in [2.75, 3.05) is 0 Å². The molecule has 6 heteroatoms. The molecule has 0 aliphatic rings. The predicted molar refractivity (Wildman–Crippen MR) is 94.4 cm³/mol. The number of pyridine rings is 1. The first-order valence-corrected chi connectivity index (χ1v) is 8.99. The average Bonchev–Trinajstić information content (AvgIpc) is 2.54. The molecule has 0 amide bonds. The second kappa shape index (κ2) is 7.85. The van der Waals surface area contributed by atoms with Gasteiger partial charge in [0.1, 0.15) is 18.2 Å². The van der Waals surface area contributed by atoms with Crippen molar-refractivity contribution in [1.29, 1.82) is 0 Å². The van der Waals surface area contributed by atoms with Crippen LogP contribution in [0.1, 0.15) is 44.4 Å². The molecule has 1 unspecified atom stereocenters. The molecule has 2 N–H and O–H groups in total. The van der Waals surface area contributed by atoms with Gasteiger partial charge in [0.2, 0.25) is 0 Å². The second-order valence-electron chi connectivity index (χ2n) is 6.46. The first-order chi connectivity index (χ1) is 11.3. The molecular weight excluding hydrogens is 327 g/mol. The smallest absolute Gasteiger partial charge is 0.138 e. The molecule has 0 aliphatic heterocycles. The number of aromatic nitrogens is 1. The Balaban J connectivity index is 1.98. The lowest BCUT2D eigenvalue weighted by molar-refractivity contribution is 0.298. The average molecular weight is 350 g/mol. The molecule has 1 heterocycles. The van der Waals surface area contributed by atoms with E-state index in [0.29, 0.717) is 17.7 Å². The third kappa shape index (κ3) is 4.85. The topological polar surface area (TPSA) is 65.2 Å². The normalized spacial score (nSPS) is 14.2. The number of hydrogen-bond donors (Lipinski definition) is 1. The molecule has 0 radical (unpaired) electrons. The van der Waals surface area contributed by atoms with Gasteiger partial charge in [0, 0.05) is 11.3 Å². The molecule has 130 valence electrons. The minimum atomic E-state index is -1.39. The zero-order valence-corrected chi connectivity index (χ0v) is 15.0. The molecule has 1 aromatic carbocycles. The summed E-state index contributed by atoms with van der Waals surface area (Å²) in [7, 11) is -1.39. The minimum Gasteiger partial charge on any atom is -0.487 e. The Morgan fingerprint density at radius 3 is 2.58 bits per heavy atom. The van der Waals surface area contributed by atoms with Crippen molar-refractivity contribution in [2.45, 2.75) is 44.5 Å². The Morgan fingerprint density at radius 2 is 2.00 bits per heavy atom. The van der Waals surface area contributed by atoms with E-state index >= 15 is 0 Å². The highest BCUT2D eigenvalue weighted by Gasteiger charge is 2.27. The van der Waals surface area contributed by atoms with Crippen LogP contribution in [0.3, 0.4) is 0 Å². The predicted octanol–water partition coefficient (Wildman–Crippen LogP) is 3.69. The maximum atomic E-state index is 13.6. The van der Waals surface area contributed by atoms with Crippen LogP contribution in [-0.2, 0) is 17.6 Å². The van der Waals surface area contributed by atoms with Gasteiger partial charge in [-0.25, -0.2) is 8.60 Å². The van der Waals surface area contributed by atoms with Gasteiger partial charge in [-0.3, -0.25) is 10.1 Å². The third-order valence-electron chi connectivity index (χ3n) is 3.96. The van der Waals surface area contributed by atoms with Crippen LogP contribution in [0, 0.1) is 5.82 Å². The molecule has 0 spiro atoms. The van der Waals surface area contributed by atoms with Gasteiger partial charge in [-0.2, -0.15) is 0 Å². The molecule has 0 fully saturated rings.